The van der Waals surface area contributed by atoms with Gasteiger partial charge in [0.05, 0.1) is 0 Å². The fourth-order valence-corrected chi connectivity index (χ4v) is 3.97. The molecule has 3 rings (SSSR count). The van der Waals surface area contributed by atoms with Crippen LogP contribution in [0.2, 0.25) is 0 Å². The van der Waals surface area contributed by atoms with Crippen molar-refractivity contribution in [3.8, 4) is 0 Å². The molecular weight excluding hydrogens is 340 g/mol. The highest BCUT2D eigenvalue weighted by Crippen LogP contribution is 2.18. The van der Waals surface area contributed by atoms with Gasteiger partial charge in [0.15, 0.2) is 0 Å². The largest absolute Gasteiger partial charge is 0.353 e. The van der Waals surface area contributed by atoms with Gasteiger partial charge in [0.1, 0.15) is 0 Å². The van der Waals surface area contributed by atoms with E-state index in [1.807, 2.05) is 0 Å². The number of carbonyl (C=O) groups is 2. The maximum Gasteiger partial charge on any atom is 0.314 e. The van der Waals surface area contributed by atoms with Crippen molar-refractivity contribution in [3.63, 3.8) is 0 Å². The van der Waals surface area contributed by atoms with E-state index >= 15 is 0 Å². The predicted molar refractivity (Wildman–Crippen MR) is 106 cm³/mol. The molecule has 0 atom stereocenters. The molecule has 1 fully saturated rings. The van der Waals surface area contributed by atoms with Crippen LogP contribution in [0.5, 0.6) is 0 Å². The first-order chi connectivity index (χ1) is 13.2. The van der Waals surface area contributed by atoms with Crippen molar-refractivity contribution in [1.82, 2.24) is 20.9 Å². The molecule has 27 heavy (non-hydrogen) atoms. The highest BCUT2D eigenvalue weighted by molar-refractivity contribution is 5.78. The molecule has 1 aromatic carbocycles. The van der Waals surface area contributed by atoms with Crippen LogP contribution in [-0.2, 0) is 17.8 Å². The number of urea groups is 1. The zero-order valence-corrected chi connectivity index (χ0v) is 16.1. The molecule has 0 radical (unpaired) electrons. The van der Waals surface area contributed by atoms with Gasteiger partial charge in [-0.2, -0.15) is 0 Å². The van der Waals surface area contributed by atoms with Crippen LogP contribution in [-0.4, -0.2) is 49.1 Å². The van der Waals surface area contributed by atoms with E-state index in [1.54, 1.807) is 0 Å². The summed E-state index contributed by atoms with van der Waals surface area (Å²) in [7, 11) is 0. The second-order valence-corrected chi connectivity index (χ2v) is 7.63. The summed E-state index contributed by atoms with van der Waals surface area (Å²) in [6.07, 6.45) is 6.96. The first-order valence-electron chi connectivity index (χ1n) is 10.3. The van der Waals surface area contributed by atoms with E-state index in [2.05, 4.69) is 45.1 Å². The van der Waals surface area contributed by atoms with Crippen molar-refractivity contribution in [2.75, 3.05) is 26.2 Å². The Morgan fingerprint density at radius 2 is 1.78 bits per heavy atom. The minimum absolute atomic E-state index is 0.0348. The summed E-state index contributed by atoms with van der Waals surface area (Å²) >= 11 is 0. The Bertz CT molecular complexity index is 628. The molecule has 1 heterocycles. The summed E-state index contributed by atoms with van der Waals surface area (Å²) in [5, 5.41) is 8.68. The molecule has 0 saturated heterocycles. The van der Waals surface area contributed by atoms with E-state index in [1.165, 1.54) is 24.0 Å². The van der Waals surface area contributed by atoms with Gasteiger partial charge in [0, 0.05) is 45.2 Å². The summed E-state index contributed by atoms with van der Waals surface area (Å²) in [4.78, 5) is 26.1. The number of carbonyl (C=O) groups excluding carboxylic acids is 2. The summed E-state index contributed by atoms with van der Waals surface area (Å²) in [6, 6.07) is 8.78. The first kappa shape index (κ1) is 19.7. The van der Waals surface area contributed by atoms with Gasteiger partial charge in [-0.3, -0.25) is 9.69 Å². The van der Waals surface area contributed by atoms with E-state index in [0.29, 0.717) is 25.6 Å². The molecule has 6 nitrogen and oxygen atoms in total. The Kier molecular flexibility index (Phi) is 7.51. The molecule has 0 unspecified atom stereocenters. The highest BCUT2D eigenvalue weighted by Gasteiger charge is 2.17. The van der Waals surface area contributed by atoms with Gasteiger partial charge >= 0.3 is 6.03 Å². The van der Waals surface area contributed by atoms with Gasteiger partial charge in [0.25, 0.3) is 0 Å². The third-order valence-electron chi connectivity index (χ3n) is 5.50. The van der Waals surface area contributed by atoms with Crippen LogP contribution in [0.25, 0.3) is 0 Å². The minimum atomic E-state index is -0.187. The van der Waals surface area contributed by atoms with Gasteiger partial charge in [-0.05, 0) is 36.8 Å². The number of benzene rings is 1. The molecule has 1 aliphatic carbocycles. The zero-order chi connectivity index (χ0) is 18.9. The van der Waals surface area contributed by atoms with Crippen molar-refractivity contribution in [1.29, 1.82) is 0 Å². The lowest BCUT2D eigenvalue weighted by molar-refractivity contribution is -0.121. The quantitative estimate of drug-likeness (QED) is 0.613. The van der Waals surface area contributed by atoms with Crippen LogP contribution in [0.1, 0.15) is 49.7 Å². The van der Waals surface area contributed by atoms with Crippen LogP contribution >= 0.6 is 0 Å². The van der Waals surface area contributed by atoms with Crippen LogP contribution in [0.4, 0.5) is 4.79 Å². The lowest BCUT2D eigenvalue weighted by atomic mass is 10.00. The molecule has 6 heteroatoms. The summed E-state index contributed by atoms with van der Waals surface area (Å²) in [6.45, 7) is 4.10. The van der Waals surface area contributed by atoms with Crippen LogP contribution in [0, 0.1) is 0 Å². The average Bonchev–Trinajstić information content (AvgIpc) is 3.18. The highest BCUT2D eigenvalue weighted by atomic mass is 16.2. The van der Waals surface area contributed by atoms with E-state index in [9.17, 15) is 9.59 Å². The van der Waals surface area contributed by atoms with E-state index in [-0.39, 0.29) is 11.9 Å². The molecule has 1 aromatic rings. The molecule has 148 valence electrons. The standard InChI is InChI=1S/C21H32N4O2/c26-20(24-19-8-3-4-9-19)10-13-23-21(27)22-12-5-14-25-15-11-17-6-1-2-7-18(17)16-25/h1-2,6-7,19H,3-5,8-16H2,(H,24,26)(H2,22,23,27). The Morgan fingerprint density at radius 1 is 1.04 bits per heavy atom. The topological polar surface area (TPSA) is 73.5 Å². The van der Waals surface area contributed by atoms with Crippen LogP contribution < -0.4 is 16.0 Å². The molecule has 1 saturated carbocycles. The third kappa shape index (κ3) is 6.54. The van der Waals surface area contributed by atoms with E-state index < -0.39 is 0 Å². The summed E-state index contributed by atoms with van der Waals surface area (Å²) in [5.41, 5.74) is 2.88. The Labute approximate surface area is 162 Å². The number of nitrogens with one attached hydrogen (secondary N) is 3. The van der Waals surface area contributed by atoms with E-state index in [4.69, 9.17) is 0 Å². The van der Waals surface area contributed by atoms with Crippen molar-refractivity contribution < 1.29 is 9.59 Å². The maximum absolute atomic E-state index is 11.8. The molecule has 0 aromatic heterocycles. The SMILES string of the molecule is O=C(CCNC(=O)NCCCN1CCc2ccccc2C1)NC1CCCC1. The van der Waals surface area contributed by atoms with Crippen molar-refractivity contribution in [2.45, 2.75) is 57.5 Å². The smallest absolute Gasteiger partial charge is 0.314 e. The van der Waals surface area contributed by atoms with E-state index in [0.717, 1.165) is 45.3 Å². The number of rotatable bonds is 8. The Morgan fingerprint density at radius 3 is 2.59 bits per heavy atom. The van der Waals surface area contributed by atoms with Gasteiger partial charge in [0.2, 0.25) is 5.91 Å². The Balaban J connectivity index is 1.21. The minimum Gasteiger partial charge on any atom is -0.353 e. The predicted octanol–water partition coefficient (Wildman–Crippen LogP) is 2.18. The molecule has 0 spiro atoms. The normalized spacial score (nSPS) is 17.3. The van der Waals surface area contributed by atoms with Crippen molar-refractivity contribution >= 4 is 11.9 Å². The molecule has 0 bridgehead atoms. The van der Waals surface area contributed by atoms with Crippen LogP contribution in [0.3, 0.4) is 0 Å². The molecular formula is C21H32N4O2. The van der Waals surface area contributed by atoms with Gasteiger partial charge < -0.3 is 16.0 Å². The fraction of sp³-hybridized carbons (Fsp3) is 0.619. The number of amides is 3. The van der Waals surface area contributed by atoms with Crippen molar-refractivity contribution in [2.24, 2.45) is 0 Å². The monoisotopic (exact) mass is 372 g/mol. The maximum atomic E-state index is 11.8. The lowest BCUT2D eigenvalue weighted by Crippen LogP contribution is -2.40. The fourth-order valence-electron chi connectivity index (χ4n) is 3.97. The molecule has 3 N–H and O–H groups in total. The van der Waals surface area contributed by atoms with Gasteiger partial charge in [-0.1, -0.05) is 37.1 Å². The van der Waals surface area contributed by atoms with Gasteiger partial charge in [-0.25, -0.2) is 4.79 Å². The number of nitrogens with zero attached hydrogens (tertiary/aromatic N) is 1. The Hall–Kier alpha value is -2.08. The second-order valence-electron chi connectivity index (χ2n) is 7.63. The lowest BCUT2D eigenvalue weighted by Gasteiger charge is -2.28. The average molecular weight is 373 g/mol. The number of hydrogen-bond acceptors (Lipinski definition) is 3. The van der Waals surface area contributed by atoms with Crippen molar-refractivity contribution in [3.05, 3.63) is 35.4 Å². The molecule has 3 amide bonds. The van der Waals surface area contributed by atoms with Gasteiger partial charge in [-0.15, -0.1) is 0 Å². The third-order valence-corrected chi connectivity index (χ3v) is 5.50. The number of fused-ring (bicyclic) bond motifs is 1. The summed E-state index contributed by atoms with van der Waals surface area (Å²) in [5.74, 6) is 0.0348. The molecule has 2 aliphatic rings. The van der Waals surface area contributed by atoms with Crippen LogP contribution in [0.15, 0.2) is 24.3 Å². The summed E-state index contributed by atoms with van der Waals surface area (Å²) < 4.78 is 0. The second kappa shape index (κ2) is 10.3. The number of hydrogen-bond donors (Lipinski definition) is 3. The first-order valence-corrected chi connectivity index (χ1v) is 10.3. The zero-order valence-electron chi connectivity index (χ0n) is 16.1. The molecule has 1 aliphatic heterocycles.